The number of rotatable bonds is 7. The summed E-state index contributed by atoms with van der Waals surface area (Å²) in [5.41, 5.74) is 0.975. The van der Waals surface area contributed by atoms with Crippen molar-refractivity contribution in [1.82, 2.24) is 5.16 Å². The molecule has 1 aliphatic rings. The highest BCUT2D eigenvalue weighted by Gasteiger charge is 2.48. The molecule has 8 heteroatoms. The quantitative estimate of drug-likeness (QED) is 0.325. The fourth-order valence-electron chi connectivity index (χ4n) is 3.80. The molecule has 1 aliphatic heterocycles. The van der Waals surface area contributed by atoms with Gasteiger partial charge in [0.1, 0.15) is 23.0 Å². The smallest absolute Gasteiger partial charge is 0.301 e. The average Bonchev–Trinajstić information content (AvgIpc) is 3.35. The van der Waals surface area contributed by atoms with Gasteiger partial charge in [-0.1, -0.05) is 17.3 Å². The van der Waals surface area contributed by atoms with Gasteiger partial charge in [-0.2, -0.15) is 0 Å². The van der Waals surface area contributed by atoms with Crippen LogP contribution in [0.2, 0.25) is 0 Å². The highest BCUT2D eigenvalue weighted by atomic mass is 16.5. The Labute approximate surface area is 191 Å². The highest BCUT2D eigenvalue weighted by Crippen LogP contribution is 2.42. The Morgan fingerprint density at radius 3 is 2.09 bits per heavy atom. The lowest BCUT2D eigenvalue weighted by Gasteiger charge is -2.23. The van der Waals surface area contributed by atoms with Crippen LogP contribution >= 0.6 is 0 Å². The molecule has 33 heavy (non-hydrogen) atoms. The van der Waals surface area contributed by atoms with E-state index in [1.165, 1.54) is 4.90 Å². The van der Waals surface area contributed by atoms with Gasteiger partial charge in [0.25, 0.3) is 5.78 Å². The molecular formula is C25H24N2O6. The average molecular weight is 448 g/mol. The van der Waals surface area contributed by atoms with Gasteiger partial charge in [0.05, 0.1) is 24.8 Å². The maximum Gasteiger partial charge on any atom is 0.301 e. The first-order valence-electron chi connectivity index (χ1n) is 10.6. The minimum Gasteiger partial charge on any atom is -0.507 e. The maximum absolute atomic E-state index is 13.1. The monoisotopic (exact) mass is 448 g/mol. The number of hydrogen-bond donors (Lipinski definition) is 1. The van der Waals surface area contributed by atoms with Crippen molar-refractivity contribution in [1.29, 1.82) is 0 Å². The van der Waals surface area contributed by atoms with Gasteiger partial charge in [-0.15, -0.1) is 0 Å². The van der Waals surface area contributed by atoms with Crippen molar-refractivity contribution in [3.63, 3.8) is 0 Å². The number of aliphatic hydroxyl groups is 1. The zero-order valence-electron chi connectivity index (χ0n) is 18.6. The van der Waals surface area contributed by atoms with Gasteiger partial charge < -0.3 is 19.1 Å². The first kappa shape index (κ1) is 22.1. The number of nitrogens with zero attached hydrogens (tertiary/aromatic N) is 2. The van der Waals surface area contributed by atoms with Crippen LogP contribution in [0, 0.1) is 6.92 Å². The molecule has 0 saturated carbocycles. The van der Waals surface area contributed by atoms with E-state index in [1.807, 2.05) is 13.8 Å². The second-order valence-electron chi connectivity index (χ2n) is 7.42. The van der Waals surface area contributed by atoms with Crippen molar-refractivity contribution in [3.05, 3.63) is 77.1 Å². The van der Waals surface area contributed by atoms with Crippen molar-refractivity contribution in [2.75, 3.05) is 18.1 Å². The number of aryl methyl sites for hydroxylation is 1. The van der Waals surface area contributed by atoms with E-state index in [0.717, 1.165) is 0 Å². The molecule has 1 unspecified atom stereocenters. The molecule has 0 radical (unpaired) electrons. The number of aliphatic hydroxyl groups excluding tert-OH is 1. The SMILES string of the molecule is CCOc1ccc(/C(O)=C2\C(=O)C(=O)N(c3cc(C)on3)C2c2ccc(OCC)cc2)cc1. The minimum absolute atomic E-state index is 0.0334. The van der Waals surface area contributed by atoms with E-state index in [4.69, 9.17) is 14.0 Å². The maximum atomic E-state index is 13.1. The summed E-state index contributed by atoms with van der Waals surface area (Å²) in [6.07, 6.45) is 0. The zero-order chi connectivity index (χ0) is 23.5. The number of carbonyl (C=O) groups excluding carboxylic acids is 2. The third-order valence-corrected chi connectivity index (χ3v) is 5.25. The molecule has 1 saturated heterocycles. The number of ether oxygens (including phenoxy) is 2. The number of anilines is 1. The molecule has 2 aromatic carbocycles. The number of hydrogen-bond acceptors (Lipinski definition) is 7. The number of ketones is 1. The number of amides is 1. The molecule has 0 bridgehead atoms. The van der Waals surface area contributed by atoms with Gasteiger partial charge in [-0.05, 0) is 62.7 Å². The summed E-state index contributed by atoms with van der Waals surface area (Å²) in [5.74, 6) is 0.0920. The summed E-state index contributed by atoms with van der Waals surface area (Å²) in [6, 6.07) is 14.4. The summed E-state index contributed by atoms with van der Waals surface area (Å²) in [4.78, 5) is 27.4. The van der Waals surface area contributed by atoms with Crippen LogP contribution in [0.3, 0.4) is 0 Å². The summed E-state index contributed by atoms with van der Waals surface area (Å²) in [6.45, 7) is 6.46. The van der Waals surface area contributed by atoms with Gasteiger partial charge >= 0.3 is 5.91 Å². The topological polar surface area (TPSA) is 102 Å². The molecule has 8 nitrogen and oxygen atoms in total. The fraction of sp³-hybridized carbons (Fsp3) is 0.240. The van der Waals surface area contributed by atoms with Crippen LogP contribution in [0.4, 0.5) is 5.82 Å². The molecule has 3 aromatic rings. The standard InChI is InChI=1S/C25H24N2O6/c1-4-31-18-10-6-16(7-11-18)22-21(23(28)17-8-12-19(13-9-17)32-5-2)24(29)25(30)27(22)20-14-15(3)33-26-20/h6-14,22,28H,4-5H2,1-3H3/b23-21+. The van der Waals surface area contributed by atoms with E-state index in [1.54, 1.807) is 61.5 Å². The van der Waals surface area contributed by atoms with Crippen molar-refractivity contribution >= 4 is 23.3 Å². The van der Waals surface area contributed by atoms with Gasteiger partial charge in [0.15, 0.2) is 5.82 Å². The highest BCUT2D eigenvalue weighted by molar-refractivity contribution is 6.51. The summed E-state index contributed by atoms with van der Waals surface area (Å²) >= 11 is 0. The molecule has 1 fully saturated rings. The summed E-state index contributed by atoms with van der Waals surface area (Å²) < 4.78 is 16.1. The van der Waals surface area contributed by atoms with E-state index in [-0.39, 0.29) is 17.2 Å². The van der Waals surface area contributed by atoms with E-state index in [9.17, 15) is 14.7 Å². The Kier molecular flexibility index (Phi) is 6.17. The molecule has 0 spiro atoms. The molecule has 1 amide bonds. The van der Waals surface area contributed by atoms with Crippen LogP contribution in [-0.2, 0) is 9.59 Å². The lowest BCUT2D eigenvalue weighted by atomic mass is 9.95. The first-order valence-corrected chi connectivity index (χ1v) is 10.6. The van der Waals surface area contributed by atoms with E-state index >= 15 is 0 Å². The van der Waals surface area contributed by atoms with Gasteiger partial charge in [0, 0.05) is 11.6 Å². The molecule has 4 rings (SSSR count). The normalized spacial score (nSPS) is 17.4. The molecule has 1 N–H and O–H groups in total. The van der Waals surface area contributed by atoms with E-state index in [2.05, 4.69) is 5.16 Å². The lowest BCUT2D eigenvalue weighted by molar-refractivity contribution is -0.132. The summed E-state index contributed by atoms with van der Waals surface area (Å²) in [7, 11) is 0. The van der Waals surface area contributed by atoms with Crippen molar-refractivity contribution < 1.29 is 28.7 Å². The number of benzene rings is 2. The first-order chi connectivity index (χ1) is 15.9. The van der Waals surface area contributed by atoms with Crippen molar-refractivity contribution in [2.24, 2.45) is 0 Å². The van der Waals surface area contributed by atoms with Crippen LogP contribution in [0.5, 0.6) is 11.5 Å². The number of Topliss-reactive ketones (excluding diaryl/α,β-unsaturated/α-hetero) is 1. The Morgan fingerprint density at radius 1 is 1.00 bits per heavy atom. The van der Waals surface area contributed by atoms with Crippen molar-refractivity contribution in [3.8, 4) is 11.5 Å². The number of aromatic nitrogens is 1. The summed E-state index contributed by atoms with van der Waals surface area (Å²) in [5, 5.41) is 15.1. The predicted molar refractivity (Wildman–Crippen MR) is 121 cm³/mol. The Balaban J connectivity index is 1.85. The third kappa shape index (κ3) is 4.19. The number of carbonyl (C=O) groups is 2. The van der Waals surface area contributed by atoms with Gasteiger partial charge in [-0.25, -0.2) is 0 Å². The van der Waals surface area contributed by atoms with Crippen LogP contribution < -0.4 is 14.4 Å². The molecule has 1 aromatic heterocycles. The van der Waals surface area contributed by atoms with Crippen molar-refractivity contribution in [2.45, 2.75) is 26.8 Å². The molecular weight excluding hydrogens is 424 g/mol. The predicted octanol–water partition coefficient (Wildman–Crippen LogP) is 4.41. The lowest BCUT2D eigenvalue weighted by Crippen LogP contribution is -2.29. The van der Waals surface area contributed by atoms with E-state index < -0.39 is 17.7 Å². The third-order valence-electron chi connectivity index (χ3n) is 5.25. The Morgan fingerprint density at radius 2 is 1.58 bits per heavy atom. The molecule has 2 heterocycles. The molecule has 170 valence electrons. The van der Waals surface area contributed by atoms with Crippen LogP contribution in [0.25, 0.3) is 5.76 Å². The molecule has 1 atom stereocenters. The van der Waals surface area contributed by atoms with E-state index in [0.29, 0.717) is 41.6 Å². The Bertz CT molecular complexity index is 1190. The largest absolute Gasteiger partial charge is 0.507 e. The second-order valence-corrected chi connectivity index (χ2v) is 7.42. The zero-order valence-corrected chi connectivity index (χ0v) is 18.6. The minimum atomic E-state index is -0.892. The second kappa shape index (κ2) is 9.20. The Hall–Kier alpha value is -4.07. The van der Waals surface area contributed by atoms with Crippen LogP contribution in [-0.4, -0.2) is 35.2 Å². The van der Waals surface area contributed by atoms with Gasteiger partial charge in [0.2, 0.25) is 0 Å². The molecule has 0 aliphatic carbocycles. The van der Waals surface area contributed by atoms with Gasteiger partial charge in [-0.3, -0.25) is 14.5 Å². The fourth-order valence-corrected chi connectivity index (χ4v) is 3.80. The van der Waals surface area contributed by atoms with Crippen LogP contribution in [0.1, 0.15) is 36.8 Å². The van der Waals surface area contributed by atoms with Crippen LogP contribution in [0.15, 0.2) is 64.7 Å².